The molecule has 0 aromatic heterocycles. The van der Waals surface area contributed by atoms with Crippen molar-refractivity contribution in [2.45, 2.75) is 44.7 Å². The van der Waals surface area contributed by atoms with Gasteiger partial charge in [-0.05, 0) is 31.9 Å². The van der Waals surface area contributed by atoms with Gasteiger partial charge in [0.2, 0.25) is 0 Å². The SMILES string of the molecule is CCOc1cccc(NC2CCCCC2N)c1[N+](=O)[O-]. The van der Waals surface area contributed by atoms with Crippen molar-refractivity contribution in [3.8, 4) is 5.75 Å². The number of nitro groups is 1. The fourth-order valence-corrected chi connectivity index (χ4v) is 2.64. The highest BCUT2D eigenvalue weighted by atomic mass is 16.6. The Morgan fingerprint density at radius 3 is 2.85 bits per heavy atom. The second-order valence-electron chi connectivity index (χ2n) is 5.04. The van der Waals surface area contributed by atoms with Crippen molar-refractivity contribution in [2.75, 3.05) is 11.9 Å². The molecular weight excluding hydrogens is 258 g/mol. The molecule has 0 saturated heterocycles. The number of nitrogens with two attached hydrogens (primary N) is 1. The van der Waals surface area contributed by atoms with Crippen molar-refractivity contribution in [1.82, 2.24) is 0 Å². The van der Waals surface area contributed by atoms with Gasteiger partial charge in [-0.25, -0.2) is 0 Å². The number of nitro benzene ring substituents is 1. The molecule has 1 fully saturated rings. The van der Waals surface area contributed by atoms with E-state index >= 15 is 0 Å². The summed E-state index contributed by atoms with van der Waals surface area (Å²) >= 11 is 0. The van der Waals surface area contributed by atoms with Crippen LogP contribution in [-0.2, 0) is 0 Å². The van der Waals surface area contributed by atoms with Gasteiger partial charge in [-0.3, -0.25) is 10.1 Å². The third kappa shape index (κ3) is 3.19. The van der Waals surface area contributed by atoms with Gasteiger partial charge in [-0.1, -0.05) is 18.9 Å². The van der Waals surface area contributed by atoms with E-state index in [2.05, 4.69) is 5.32 Å². The molecule has 2 atom stereocenters. The maximum atomic E-state index is 11.3. The highest BCUT2D eigenvalue weighted by Gasteiger charge is 2.26. The maximum Gasteiger partial charge on any atom is 0.333 e. The van der Waals surface area contributed by atoms with Gasteiger partial charge in [0.25, 0.3) is 0 Å². The molecule has 0 bridgehead atoms. The first-order valence-electron chi connectivity index (χ1n) is 7.05. The van der Waals surface area contributed by atoms with Crippen LogP contribution in [0.25, 0.3) is 0 Å². The summed E-state index contributed by atoms with van der Waals surface area (Å²) in [5.74, 6) is 0.298. The maximum absolute atomic E-state index is 11.3. The third-order valence-corrected chi connectivity index (χ3v) is 3.64. The second-order valence-corrected chi connectivity index (χ2v) is 5.04. The lowest BCUT2D eigenvalue weighted by Crippen LogP contribution is -2.42. The van der Waals surface area contributed by atoms with Crippen molar-refractivity contribution in [3.63, 3.8) is 0 Å². The van der Waals surface area contributed by atoms with Gasteiger partial charge in [0.15, 0.2) is 5.75 Å². The van der Waals surface area contributed by atoms with E-state index in [-0.39, 0.29) is 17.8 Å². The molecule has 1 saturated carbocycles. The average Bonchev–Trinajstić information content (AvgIpc) is 2.41. The van der Waals surface area contributed by atoms with Crippen LogP contribution in [-0.4, -0.2) is 23.6 Å². The van der Waals surface area contributed by atoms with Gasteiger partial charge < -0.3 is 15.8 Å². The van der Waals surface area contributed by atoms with Crippen molar-refractivity contribution in [3.05, 3.63) is 28.3 Å². The summed E-state index contributed by atoms with van der Waals surface area (Å²) in [5, 5.41) is 14.5. The van der Waals surface area contributed by atoms with Gasteiger partial charge in [0, 0.05) is 12.1 Å². The zero-order chi connectivity index (χ0) is 14.5. The fourth-order valence-electron chi connectivity index (χ4n) is 2.64. The van der Waals surface area contributed by atoms with Crippen molar-refractivity contribution >= 4 is 11.4 Å². The van der Waals surface area contributed by atoms with E-state index in [1.807, 2.05) is 0 Å². The average molecular weight is 279 g/mol. The monoisotopic (exact) mass is 279 g/mol. The highest BCUT2D eigenvalue weighted by Crippen LogP contribution is 2.36. The van der Waals surface area contributed by atoms with Crippen LogP contribution in [0.1, 0.15) is 32.6 Å². The van der Waals surface area contributed by atoms with Crippen molar-refractivity contribution in [1.29, 1.82) is 0 Å². The zero-order valence-electron chi connectivity index (χ0n) is 11.7. The van der Waals surface area contributed by atoms with Crippen LogP contribution in [0, 0.1) is 10.1 Å². The number of rotatable bonds is 5. The van der Waals surface area contributed by atoms with Gasteiger partial charge in [0.05, 0.1) is 11.5 Å². The number of nitrogens with one attached hydrogen (secondary N) is 1. The van der Waals surface area contributed by atoms with Crippen LogP contribution in [0.15, 0.2) is 18.2 Å². The first-order valence-corrected chi connectivity index (χ1v) is 7.05. The molecule has 6 nitrogen and oxygen atoms in total. The molecule has 1 aromatic carbocycles. The molecular formula is C14H21N3O3. The molecule has 1 aromatic rings. The second kappa shape index (κ2) is 6.56. The van der Waals surface area contributed by atoms with Gasteiger partial charge in [0.1, 0.15) is 5.69 Å². The standard InChI is InChI=1S/C14H21N3O3/c1-2-20-13-9-5-8-12(14(13)17(18)19)16-11-7-4-3-6-10(11)15/h5,8-11,16H,2-4,6-7,15H2,1H3. The molecule has 1 aliphatic rings. The van der Waals surface area contributed by atoms with Crippen LogP contribution >= 0.6 is 0 Å². The largest absolute Gasteiger partial charge is 0.487 e. The molecule has 2 rings (SSSR count). The van der Waals surface area contributed by atoms with Crippen LogP contribution in [0.5, 0.6) is 5.75 Å². The van der Waals surface area contributed by atoms with Gasteiger partial charge >= 0.3 is 5.69 Å². The summed E-state index contributed by atoms with van der Waals surface area (Å²) < 4.78 is 5.34. The Kier molecular flexibility index (Phi) is 4.79. The van der Waals surface area contributed by atoms with E-state index < -0.39 is 4.92 Å². The number of para-hydroxylation sites is 1. The predicted molar refractivity (Wildman–Crippen MR) is 78.1 cm³/mol. The molecule has 0 spiro atoms. The van der Waals surface area contributed by atoms with E-state index in [4.69, 9.17) is 10.5 Å². The molecule has 0 aliphatic heterocycles. The fraction of sp³-hybridized carbons (Fsp3) is 0.571. The Balaban J connectivity index is 2.26. The minimum Gasteiger partial charge on any atom is -0.487 e. The minimum absolute atomic E-state index is 0.00729. The Hall–Kier alpha value is -1.82. The zero-order valence-corrected chi connectivity index (χ0v) is 11.7. The molecule has 6 heteroatoms. The summed E-state index contributed by atoms with van der Waals surface area (Å²) in [4.78, 5) is 10.9. The molecule has 0 heterocycles. The number of benzene rings is 1. The molecule has 0 amide bonds. The first-order chi connectivity index (χ1) is 9.63. The molecule has 2 unspecified atom stereocenters. The highest BCUT2D eigenvalue weighted by molar-refractivity contribution is 5.68. The van der Waals surface area contributed by atoms with E-state index in [0.29, 0.717) is 18.0 Å². The molecule has 0 radical (unpaired) electrons. The number of hydrogen-bond donors (Lipinski definition) is 2. The van der Waals surface area contributed by atoms with E-state index in [1.54, 1.807) is 25.1 Å². The number of nitrogens with zero attached hydrogens (tertiary/aromatic N) is 1. The van der Waals surface area contributed by atoms with Crippen molar-refractivity contribution < 1.29 is 9.66 Å². The van der Waals surface area contributed by atoms with Gasteiger partial charge in [-0.2, -0.15) is 0 Å². The molecule has 110 valence electrons. The first kappa shape index (κ1) is 14.6. The lowest BCUT2D eigenvalue weighted by molar-refractivity contribution is -0.385. The Morgan fingerprint density at radius 1 is 1.45 bits per heavy atom. The van der Waals surface area contributed by atoms with E-state index in [9.17, 15) is 10.1 Å². The Labute approximate surface area is 118 Å². The topological polar surface area (TPSA) is 90.4 Å². The Morgan fingerprint density at radius 2 is 2.20 bits per heavy atom. The summed E-state index contributed by atoms with van der Waals surface area (Å²) in [5.41, 5.74) is 6.57. The number of ether oxygens (including phenoxy) is 1. The minimum atomic E-state index is -0.401. The van der Waals surface area contributed by atoms with Crippen LogP contribution in [0.2, 0.25) is 0 Å². The van der Waals surface area contributed by atoms with Gasteiger partial charge in [-0.15, -0.1) is 0 Å². The van der Waals surface area contributed by atoms with E-state index in [0.717, 1.165) is 25.7 Å². The van der Waals surface area contributed by atoms with Crippen LogP contribution in [0.3, 0.4) is 0 Å². The lowest BCUT2D eigenvalue weighted by atomic mass is 9.91. The summed E-state index contributed by atoms with van der Waals surface area (Å²) in [6, 6.07) is 5.21. The predicted octanol–water partition coefficient (Wildman–Crippen LogP) is 2.68. The smallest absolute Gasteiger partial charge is 0.333 e. The summed E-state index contributed by atoms with van der Waals surface area (Å²) in [7, 11) is 0. The lowest BCUT2D eigenvalue weighted by Gasteiger charge is -2.30. The summed E-state index contributed by atoms with van der Waals surface area (Å²) in [6.45, 7) is 2.20. The number of hydrogen-bond acceptors (Lipinski definition) is 5. The molecule has 3 N–H and O–H groups in total. The summed E-state index contributed by atoms with van der Waals surface area (Å²) in [6.07, 6.45) is 4.12. The third-order valence-electron chi connectivity index (χ3n) is 3.64. The van der Waals surface area contributed by atoms with Crippen LogP contribution < -0.4 is 15.8 Å². The number of anilines is 1. The molecule has 20 heavy (non-hydrogen) atoms. The van der Waals surface area contributed by atoms with E-state index in [1.165, 1.54) is 0 Å². The Bertz CT molecular complexity index is 479. The van der Waals surface area contributed by atoms with Crippen molar-refractivity contribution in [2.24, 2.45) is 5.73 Å². The quantitative estimate of drug-likeness (QED) is 0.638. The molecule has 1 aliphatic carbocycles. The van der Waals surface area contributed by atoms with Crippen LogP contribution in [0.4, 0.5) is 11.4 Å². The normalized spacial score (nSPS) is 22.3.